The van der Waals surface area contributed by atoms with Gasteiger partial charge < -0.3 is 5.11 Å². The van der Waals surface area contributed by atoms with Gasteiger partial charge in [0.2, 0.25) is 0 Å². The lowest BCUT2D eigenvalue weighted by atomic mass is 10.0. The van der Waals surface area contributed by atoms with E-state index in [9.17, 15) is 13.2 Å². The van der Waals surface area contributed by atoms with Crippen molar-refractivity contribution < 1.29 is 18.3 Å². The number of hydrogen-bond acceptors (Lipinski definition) is 4. The summed E-state index contributed by atoms with van der Waals surface area (Å²) in [4.78, 5) is 10.3. The number of rotatable bonds is 8. The maximum Gasteiger partial charge on any atom is 0.303 e. The highest BCUT2D eigenvalue weighted by molar-refractivity contribution is 7.91. The van der Waals surface area contributed by atoms with Crippen molar-refractivity contribution in [3.8, 4) is 0 Å². The normalized spacial score (nSPS) is 13.0. The Balaban J connectivity index is 4.15. The molecule has 0 aromatic carbocycles. The molecule has 17 heavy (non-hydrogen) atoms. The van der Waals surface area contributed by atoms with Gasteiger partial charge in [-0.05, 0) is 50.2 Å². The van der Waals surface area contributed by atoms with E-state index in [1.807, 2.05) is 0 Å². The minimum Gasteiger partial charge on any atom is -0.481 e. The Bertz CT molecular complexity index is 354. The topological polar surface area (TPSA) is 74.7 Å². The highest BCUT2D eigenvalue weighted by Gasteiger charge is 2.26. The van der Waals surface area contributed by atoms with Crippen LogP contribution in [-0.2, 0) is 14.6 Å². The second-order valence-corrected chi connectivity index (χ2v) is 7.60. The molecule has 0 amide bonds. The van der Waals surface area contributed by atoms with Gasteiger partial charge in [0.25, 0.3) is 0 Å². The van der Waals surface area contributed by atoms with Crippen LogP contribution in [0.1, 0.15) is 33.1 Å². The molecule has 1 N–H and O–H groups in total. The first-order valence-electron chi connectivity index (χ1n) is 5.11. The van der Waals surface area contributed by atoms with Crippen LogP contribution in [0.15, 0.2) is 0 Å². The molecule has 0 rings (SSSR count). The van der Waals surface area contributed by atoms with Crippen LogP contribution in [0.5, 0.6) is 0 Å². The molecule has 0 saturated carbocycles. The zero-order chi connectivity index (χ0) is 13.7. The van der Waals surface area contributed by atoms with E-state index in [0.717, 1.165) is 3.94 Å². The highest BCUT2D eigenvalue weighted by atomic mass is 35.5. The molecule has 0 aromatic rings. The van der Waals surface area contributed by atoms with E-state index in [-0.39, 0.29) is 30.8 Å². The van der Waals surface area contributed by atoms with Crippen molar-refractivity contribution >= 4 is 39.4 Å². The first-order chi connectivity index (χ1) is 7.57. The molecule has 0 atom stereocenters. The summed E-state index contributed by atoms with van der Waals surface area (Å²) >= 11 is 11.1. The number of sulfone groups is 1. The Morgan fingerprint density at radius 1 is 1.29 bits per heavy atom. The van der Waals surface area contributed by atoms with E-state index in [1.54, 1.807) is 13.8 Å². The van der Waals surface area contributed by atoms with Gasteiger partial charge in [-0.15, -0.1) is 3.94 Å². The second-order valence-electron chi connectivity index (χ2n) is 4.44. The monoisotopic (exact) mass is 305 g/mol. The van der Waals surface area contributed by atoms with Crippen molar-refractivity contribution in [1.82, 2.24) is 3.94 Å². The van der Waals surface area contributed by atoms with Crippen molar-refractivity contribution in [2.75, 3.05) is 11.5 Å². The standard InChI is InChI=1S/C9H17Cl2NO4S/c1-9(2,12(10)11)5-7-17(15,16)6-3-4-8(13)14/h3-7H2,1-2H3,(H,13,14). The van der Waals surface area contributed by atoms with Crippen LogP contribution in [0.3, 0.4) is 0 Å². The van der Waals surface area contributed by atoms with Gasteiger partial charge in [0.1, 0.15) is 9.84 Å². The Kier molecular flexibility index (Phi) is 6.76. The summed E-state index contributed by atoms with van der Waals surface area (Å²) in [5.74, 6) is -1.18. The molecule has 0 heterocycles. The molecule has 0 bridgehead atoms. The largest absolute Gasteiger partial charge is 0.481 e. The lowest BCUT2D eigenvalue weighted by Gasteiger charge is -2.27. The van der Waals surface area contributed by atoms with Crippen LogP contribution in [0.2, 0.25) is 0 Å². The van der Waals surface area contributed by atoms with Crippen molar-refractivity contribution in [2.45, 2.75) is 38.6 Å². The van der Waals surface area contributed by atoms with Crippen LogP contribution in [0.25, 0.3) is 0 Å². The molecule has 102 valence electrons. The summed E-state index contributed by atoms with van der Waals surface area (Å²) in [5.41, 5.74) is -0.636. The van der Waals surface area contributed by atoms with Crippen LogP contribution < -0.4 is 0 Å². The van der Waals surface area contributed by atoms with Crippen molar-refractivity contribution in [1.29, 1.82) is 0 Å². The molecular weight excluding hydrogens is 289 g/mol. The van der Waals surface area contributed by atoms with Gasteiger partial charge in [-0.3, -0.25) is 4.79 Å². The van der Waals surface area contributed by atoms with E-state index < -0.39 is 21.3 Å². The van der Waals surface area contributed by atoms with Gasteiger partial charge in [0.05, 0.1) is 11.5 Å². The molecule has 0 fully saturated rings. The Morgan fingerprint density at radius 2 is 1.82 bits per heavy atom. The van der Waals surface area contributed by atoms with Crippen LogP contribution in [0, 0.1) is 0 Å². The minimum atomic E-state index is -3.25. The second kappa shape index (κ2) is 6.78. The summed E-state index contributed by atoms with van der Waals surface area (Å²) in [6.07, 6.45) is 0.277. The Hall–Kier alpha value is -0.0400. The van der Waals surface area contributed by atoms with Gasteiger partial charge in [-0.1, -0.05) is 0 Å². The van der Waals surface area contributed by atoms with Crippen molar-refractivity contribution in [2.24, 2.45) is 0 Å². The third kappa shape index (κ3) is 7.81. The molecule has 0 aromatic heterocycles. The molecule has 0 aliphatic heterocycles. The summed E-state index contributed by atoms with van der Waals surface area (Å²) in [6.45, 7) is 3.44. The average Bonchev–Trinajstić information content (AvgIpc) is 2.14. The van der Waals surface area contributed by atoms with E-state index in [4.69, 9.17) is 28.7 Å². The zero-order valence-corrected chi connectivity index (χ0v) is 12.1. The van der Waals surface area contributed by atoms with Crippen LogP contribution >= 0.6 is 23.6 Å². The third-order valence-corrected chi connectivity index (χ3v) is 4.98. The highest BCUT2D eigenvalue weighted by Crippen LogP contribution is 2.24. The number of carboxylic acids is 1. The first-order valence-corrected chi connectivity index (χ1v) is 7.60. The Labute approximate surface area is 112 Å². The van der Waals surface area contributed by atoms with Crippen LogP contribution in [-0.4, -0.2) is 40.5 Å². The lowest BCUT2D eigenvalue weighted by Crippen LogP contribution is -2.33. The van der Waals surface area contributed by atoms with Crippen molar-refractivity contribution in [3.05, 3.63) is 0 Å². The lowest BCUT2D eigenvalue weighted by molar-refractivity contribution is -0.137. The molecule has 0 aliphatic carbocycles. The maximum absolute atomic E-state index is 11.6. The molecule has 8 heteroatoms. The zero-order valence-electron chi connectivity index (χ0n) is 9.82. The quantitative estimate of drug-likeness (QED) is 0.695. The molecule has 0 aliphatic rings. The summed E-state index contributed by atoms with van der Waals surface area (Å²) in [7, 11) is -3.25. The maximum atomic E-state index is 11.6. The molecule has 5 nitrogen and oxygen atoms in total. The number of nitrogens with zero attached hydrogens (tertiary/aromatic N) is 1. The molecule has 0 unspecified atom stereocenters. The first kappa shape index (κ1) is 17.0. The number of hydrogen-bond donors (Lipinski definition) is 1. The predicted octanol–water partition coefficient (Wildman–Crippen LogP) is 2.04. The summed E-state index contributed by atoms with van der Waals surface area (Å²) in [5, 5.41) is 8.41. The Morgan fingerprint density at radius 3 is 2.24 bits per heavy atom. The fourth-order valence-corrected chi connectivity index (χ4v) is 2.80. The number of carbonyl (C=O) groups is 1. The van der Waals surface area contributed by atoms with Gasteiger partial charge in [-0.25, -0.2) is 8.42 Å². The summed E-state index contributed by atoms with van der Waals surface area (Å²) < 4.78 is 24.1. The SMILES string of the molecule is CC(C)(CCS(=O)(=O)CCCC(=O)O)N(Cl)Cl. The van der Waals surface area contributed by atoms with E-state index in [0.29, 0.717) is 0 Å². The number of carboxylic acid groups (broad SMARTS) is 1. The summed E-state index contributed by atoms with van der Waals surface area (Å²) in [6, 6.07) is 0. The number of aliphatic carboxylic acids is 1. The average molecular weight is 306 g/mol. The fraction of sp³-hybridized carbons (Fsp3) is 0.889. The van der Waals surface area contributed by atoms with Gasteiger partial charge in [-0.2, -0.15) is 0 Å². The van der Waals surface area contributed by atoms with E-state index in [2.05, 4.69) is 0 Å². The molecule has 0 saturated heterocycles. The molecular formula is C9H17Cl2NO4S. The van der Waals surface area contributed by atoms with Gasteiger partial charge in [0.15, 0.2) is 0 Å². The van der Waals surface area contributed by atoms with Gasteiger partial charge >= 0.3 is 5.97 Å². The smallest absolute Gasteiger partial charge is 0.303 e. The van der Waals surface area contributed by atoms with Crippen molar-refractivity contribution in [3.63, 3.8) is 0 Å². The van der Waals surface area contributed by atoms with Crippen LogP contribution in [0.4, 0.5) is 0 Å². The van der Waals surface area contributed by atoms with E-state index in [1.165, 1.54) is 0 Å². The molecule has 0 radical (unpaired) electrons. The predicted molar refractivity (Wildman–Crippen MR) is 67.8 cm³/mol. The number of halogens is 2. The minimum absolute atomic E-state index is 0.0600. The third-order valence-electron chi connectivity index (χ3n) is 2.33. The molecule has 0 spiro atoms. The van der Waals surface area contributed by atoms with Gasteiger partial charge in [0, 0.05) is 12.0 Å². The fourth-order valence-electron chi connectivity index (χ4n) is 1.04. The van der Waals surface area contributed by atoms with E-state index >= 15 is 0 Å².